The smallest absolute Gasteiger partial charge is 0.277 e. The highest BCUT2D eigenvalue weighted by atomic mass is 32.2. The van der Waals surface area contributed by atoms with Crippen LogP contribution in [0.15, 0.2) is 0 Å². The largest absolute Gasteiger partial charge is 0.396 e. The zero-order valence-electron chi connectivity index (χ0n) is 8.95. The number of nitrogens with one attached hydrogen (secondary N) is 2. The quantitative estimate of drug-likeness (QED) is 0.562. The maximum Gasteiger partial charge on any atom is 0.277 e. The molecule has 1 atom stereocenters. The van der Waals surface area contributed by atoms with Gasteiger partial charge >= 0.3 is 0 Å². The Kier molecular flexibility index (Phi) is 6.26. The van der Waals surface area contributed by atoms with Gasteiger partial charge in [-0.15, -0.1) is 0 Å². The normalized spacial score (nSPS) is 14.6. The minimum absolute atomic E-state index is 0.0200. The maximum absolute atomic E-state index is 11.3. The molecule has 1 unspecified atom stereocenters. The molecule has 0 aliphatic heterocycles. The van der Waals surface area contributed by atoms with Crippen LogP contribution >= 0.6 is 0 Å². The van der Waals surface area contributed by atoms with Crippen LogP contribution in [0, 0.1) is 5.92 Å². The van der Waals surface area contributed by atoms with Crippen LogP contribution in [0.5, 0.6) is 0 Å². The first-order valence-corrected chi connectivity index (χ1v) is 6.23. The van der Waals surface area contributed by atoms with Crippen molar-refractivity contribution in [2.45, 2.75) is 33.2 Å². The maximum atomic E-state index is 11.3. The topological polar surface area (TPSA) is 78.4 Å². The summed E-state index contributed by atoms with van der Waals surface area (Å²) in [6.45, 7) is 5.97. The molecule has 14 heavy (non-hydrogen) atoms. The van der Waals surface area contributed by atoms with Crippen LogP contribution in [-0.4, -0.2) is 32.7 Å². The second-order valence-electron chi connectivity index (χ2n) is 3.78. The fraction of sp³-hybridized carbons (Fsp3) is 1.00. The summed E-state index contributed by atoms with van der Waals surface area (Å²) < 4.78 is 27.5. The molecule has 0 saturated heterocycles. The van der Waals surface area contributed by atoms with E-state index in [9.17, 15) is 8.42 Å². The van der Waals surface area contributed by atoms with E-state index < -0.39 is 10.2 Å². The molecule has 0 spiro atoms. The van der Waals surface area contributed by atoms with Gasteiger partial charge in [-0.3, -0.25) is 0 Å². The van der Waals surface area contributed by atoms with Crippen LogP contribution in [0.25, 0.3) is 0 Å². The Balaban J connectivity index is 3.95. The third-order valence-electron chi connectivity index (χ3n) is 1.60. The minimum Gasteiger partial charge on any atom is -0.396 e. The molecule has 86 valence electrons. The molecule has 0 radical (unpaired) electrons. The highest BCUT2D eigenvalue weighted by molar-refractivity contribution is 7.87. The third kappa shape index (κ3) is 7.25. The molecule has 0 bridgehead atoms. The van der Waals surface area contributed by atoms with Crippen molar-refractivity contribution in [3.05, 3.63) is 0 Å². The first-order valence-electron chi connectivity index (χ1n) is 4.75. The molecule has 0 rings (SSSR count). The fourth-order valence-corrected chi connectivity index (χ4v) is 2.12. The Bertz CT molecular complexity index is 239. The number of hydrogen-bond acceptors (Lipinski definition) is 3. The van der Waals surface area contributed by atoms with Crippen molar-refractivity contribution in [3.8, 4) is 0 Å². The summed E-state index contributed by atoms with van der Waals surface area (Å²) in [7, 11) is -3.41. The molecule has 0 aliphatic carbocycles. The lowest BCUT2D eigenvalue weighted by Crippen LogP contribution is -2.42. The number of aliphatic hydroxyl groups excluding tert-OH is 1. The van der Waals surface area contributed by atoms with E-state index in [0.717, 1.165) is 0 Å². The predicted molar refractivity (Wildman–Crippen MR) is 56.1 cm³/mol. The highest BCUT2D eigenvalue weighted by Crippen LogP contribution is 1.93. The summed E-state index contributed by atoms with van der Waals surface area (Å²) in [4.78, 5) is 0. The van der Waals surface area contributed by atoms with Crippen LogP contribution < -0.4 is 9.44 Å². The number of rotatable bonds is 7. The number of hydrogen-bond donors (Lipinski definition) is 3. The van der Waals surface area contributed by atoms with Crippen molar-refractivity contribution in [2.24, 2.45) is 5.92 Å². The van der Waals surface area contributed by atoms with Gasteiger partial charge in [0.05, 0.1) is 0 Å². The summed E-state index contributed by atoms with van der Waals surface area (Å²) in [6, 6.07) is -0.246. The Morgan fingerprint density at radius 1 is 1.29 bits per heavy atom. The summed E-state index contributed by atoms with van der Waals surface area (Å²) in [5.74, 6) is 0.278. The van der Waals surface area contributed by atoms with E-state index in [-0.39, 0.29) is 18.6 Å². The summed E-state index contributed by atoms with van der Waals surface area (Å²) in [5.41, 5.74) is 0. The zero-order chi connectivity index (χ0) is 11.2. The van der Waals surface area contributed by atoms with E-state index in [0.29, 0.717) is 13.0 Å². The molecule has 0 aromatic heterocycles. The molecular formula is C8H20N2O3S. The van der Waals surface area contributed by atoms with Crippen molar-refractivity contribution in [1.29, 1.82) is 0 Å². The summed E-state index contributed by atoms with van der Waals surface area (Å²) in [5, 5.41) is 8.60. The average Bonchev–Trinajstić information content (AvgIpc) is 2.00. The standard InChI is InChI=1S/C8H20N2O3S/c1-7(2)6-9-14(12,13)10-8(3)4-5-11/h7-11H,4-6H2,1-3H3. The Morgan fingerprint density at radius 2 is 1.86 bits per heavy atom. The van der Waals surface area contributed by atoms with Gasteiger partial charge in [-0.2, -0.15) is 13.1 Å². The molecule has 0 amide bonds. The lowest BCUT2D eigenvalue weighted by atomic mass is 10.2. The van der Waals surface area contributed by atoms with E-state index in [1.165, 1.54) is 0 Å². The third-order valence-corrected chi connectivity index (χ3v) is 2.86. The van der Waals surface area contributed by atoms with Crippen LogP contribution in [0.1, 0.15) is 27.2 Å². The van der Waals surface area contributed by atoms with Crippen molar-refractivity contribution in [1.82, 2.24) is 9.44 Å². The van der Waals surface area contributed by atoms with Crippen molar-refractivity contribution in [2.75, 3.05) is 13.2 Å². The zero-order valence-corrected chi connectivity index (χ0v) is 9.76. The first-order chi connectivity index (χ1) is 6.37. The van der Waals surface area contributed by atoms with Crippen LogP contribution in [0.2, 0.25) is 0 Å². The van der Waals surface area contributed by atoms with Crippen LogP contribution in [-0.2, 0) is 10.2 Å². The average molecular weight is 224 g/mol. The van der Waals surface area contributed by atoms with Crippen molar-refractivity contribution < 1.29 is 13.5 Å². The van der Waals surface area contributed by atoms with Gasteiger partial charge in [-0.05, 0) is 19.3 Å². The molecule has 0 aliphatic rings. The van der Waals surface area contributed by atoms with Gasteiger partial charge in [0.15, 0.2) is 0 Å². The van der Waals surface area contributed by atoms with Gasteiger partial charge in [0.25, 0.3) is 10.2 Å². The lowest BCUT2D eigenvalue weighted by molar-refractivity contribution is 0.275. The second-order valence-corrected chi connectivity index (χ2v) is 5.31. The second kappa shape index (κ2) is 6.34. The molecule has 5 nitrogen and oxygen atoms in total. The van der Waals surface area contributed by atoms with E-state index in [2.05, 4.69) is 9.44 Å². The van der Waals surface area contributed by atoms with E-state index in [1.54, 1.807) is 6.92 Å². The summed E-state index contributed by atoms with van der Waals surface area (Å²) >= 11 is 0. The van der Waals surface area contributed by atoms with E-state index >= 15 is 0 Å². The van der Waals surface area contributed by atoms with Gasteiger partial charge < -0.3 is 5.11 Å². The molecule has 0 aromatic carbocycles. The molecule has 0 aromatic rings. The molecule has 3 N–H and O–H groups in total. The SMILES string of the molecule is CC(C)CNS(=O)(=O)NC(C)CCO. The molecule has 0 heterocycles. The van der Waals surface area contributed by atoms with Crippen LogP contribution in [0.4, 0.5) is 0 Å². The van der Waals surface area contributed by atoms with E-state index in [1.807, 2.05) is 13.8 Å². The summed E-state index contributed by atoms with van der Waals surface area (Å²) in [6.07, 6.45) is 0.419. The van der Waals surface area contributed by atoms with Gasteiger partial charge in [-0.1, -0.05) is 13.8 Å². The Hall–Kier alpha value is -0.170. The Morgan fingerprint density at radius 3 is 2.29 bits per heavy atom. The molecule has 0 fully saturated rings. The predicted octanol–water partition coefficient (Wildman–Crippen LogP) is -0.163. The van der Waals surface area contributed by atoms with Gasteiger partial charge in [0.2, 0.25) is 0 Å². The van der Waals surface area contributed by atoms with Gasteiger partial charge in [-0.25, -0.2) is 4.72 Å². The lowest BCUT2D eigenvalue weighted by Gasteiger charge is -2.14. The van der Waals surface area contributed by atoms with Gasteiger partial charge in [0.1, 0.15) is 0 Å². The molecule has 0 saturated carbocycles. The van der Waals surface area contributed by atoms with Gasteiger partial charge in [0, 0.05) is 19.2 Å². The van der Waals surface area contributed by atoms with Crippen molar-refractivity contribution in [3.63, 3.8) is 0 Å². The molecular weight excluding hydrogens is 204 g/mol. The van der Waals surface area contributed by atoms with E-state index in [4.69, 9.17) is 5.11 Å². The monoisotopic (exact) mass is 224 g/mol. The molecule has 6 heteroatoms. The minimum atomic E-state index is -3.41. The van der Waals surface area contributed by atoms with Crippen molar-refractivity contribution >= 4 is 10.2 Å². The van der Waals surface area contributed by atoms with Crippen LogP contribution in [0.3, 0.4) is 0 Å². The fourth-order valence-electron chi connectivity index (χ4n) is 0.835. The first kappa shape index (κ1) is 13.8. The Labute approximate surface area is 86.1 Å². The highest BCUT2D eigenvalue weighted by Gasteiger charge is 2.13. The number of aliphatic hydroxyl groups is 1.